The molecule has 2 rings (SSSR count). The second-order valence-electron chi connectivity index (χ2n) is 6.41. The van der Waals surface area contributed by atoms with Crippen molar-refractivity contribution in [3.8, 4) is 5.75 Å². The second kappa shape index (κ2) is 9.20. The van der Waals surface area contributed by atoms with Gasteiger partial charge >= 0.3 is 0 Å². The molecule has 0 aliphatic carbocycles. The molecule has 1 aliphatic heterocycles. The van der Waals surface area contributed by atoms with Crippen LogP contribution in [0.3, 0.4) is 0 Å². The second-order valence-corrected chi connectivity index (χ2v) is 8.66. The highest BCUT2D eigenvalue weighted by Gasteiger charge is 2.27. The molecule has 0 radical (unpaired) electrons. The highest BCUT2D eigenvalue weighted by molar-refractivity contribution is 7.89. The summed E-state index contributed by atoms with van der Waals surface area (Å²) in [5, 5.41) is 3.00. The molecule has 1 saturated heterocycles. The summed E-state index contributed by atoms with van der Waals surface area (Å²) in [6, 6.07) is 7.90. The predicted molar refractivity (Wildman–Crippen MR) is 98.1 cm³/mol. The minimum Gasteiger partial charge on any atom is -0.494 e. The zero-order valence-electron chi connectivity index (χ0n) is 15.0. The van der Waals surface area contributed by atoms with Crippen molar-refractivity contribution < 1.29 is 17.9 Å². The van der Waals surface area contributed by atoms with Gasteiger partial charge in [0, 0.05) is 25.6 Å². The Morgan fingerprint density at radius 3 is 2.48 bits per heavy atom. The van der Waals surface area contributed by atoms with Crippen molar-refractivity contribution in [1.82, 2.24) is 9.62 Å². The number of ether oxygens (including phenoxy) is 1. The molecule has 1 heterocycles. The molecule has 1 N–H and O–H groups in total. The summed E-state index contributed by atoms with van der Waals surface area (Å²) >= 11 is 0. The molecule has 140 valence electrons. The van der Waals surface area contributed by atoms with Gasteiger partial charge in [0.1, 0.15) is 5.75 Å². The third-order valence-corrected chi connectivity index (χ3v) is 6.30. The summed E-state index contributed by atoms with van der Waals surface area (Å²) in [7, 11) is -3.12. The standard InChI is InChI=1S/C18H28N2O4S/c1-3-25(22,23)20-12-10-16(11-13-20)19-18(21)5-4-14-24-17-8-6-15(2)7-9-17/h6-9,16H,3-5,10-14H2,1-2H3,(H,19,21). The number of rotatable bonds is 8. The van der Waals surface area contributed by atoms with Crippen LogP contribution >= 0.6 is 0 Å². The SMILES string of the molecule is CCS(=O)(=O)N1CCC(NC(=O)CCCOc2ccc(C)cc2)CC1. The maximum absolute atomic E-state index is 12.0. The van der Waals surface area contributed by atoms with Gasteiger partial charge in [-0.3, -0.25) is 4.79 Å². The van der Waals surface area contributed by atoms with Gasteiger partial charge in [-0.15, -0.1) is 0 Å². The smallest absolute Gasteiger partial charge is 0.220 e. The third-order valence-electron chi connectivity index (χ3n) is 4.42. The maximum atomic E-state index is 12.0. The number of aryl methyl sites for hydroxylation is 1. The molecule has 1 aromatic carbocycles. The van der Waals surface area contributed by atoms with Crippen molar-refractivity contribution in [2.24, 2.45) is 0 Å². The van der Waals surface area contributed by atoms with Gasteiger partial charge < -0.3 is 10.1 Å². The molecule has 0 atom stereocenters. The topological polar surface area (TPSA) is 75.7 Å². The van der Waals surface area contributed by atoms with Crippen molar-refractivity contribution >= 4 is 15.9 Å². The van der Waals surface area contributed by atoms with Crippen LogP contribution in [0.1, 0.15) is 38.2 Å². The number of piperidine rings is 1. The fraction of sp³-hybridized carbons (Fsp3) is 0.611. The third kappa shape index (κ3) is 6.32. The van der Waals surface area contributed by atoms with E-state index in [0.717, 1.165) is 5.75 Å². The summed E-state index contributed by atoms with van der Waals surface area (Å²) in [6.45, 7) is 5.15. The average Bonchev–Trinajstić information content (AvgIpc) is 2.61. The van der Waals surface area contributed by atoms with E-state index in [1.165, 1.54) is 9.87 Å². The Bertz CT molecular complexity index is 650. The van der Waals surface area contributed by atoms with Crippen LogP contribution in [0.15, 0.2) is 24.3 Å². The molecule has 1 aromatic rings. The first-order valence-corrected chi connectivity index (χ1v) is 10.5. The molecule has 7 heteroatoms. The van der Waals surface area contributed by atoms with Crippen molar-refractivity contribution in [3.05, 3.63) is 29.8 Å². The molecule has 0 spiro atoms. The number of benzene rings is 1. The normalized spacial score (nSPS) is 16.6. The van der Waals surface area contributed by atoms with Gasteiger partial charge in [0.2, 0.25) is 15.9 Å². The fourth-order valence-corrected chi connectivity index (χ4v) is 3.95. The fourth-order valence-electron chi connectivity index (χ4n) is 2.82. The van der Waals surface area contributed by atoms with Gasteiger partial charge in [-0.05, 0) is 45.2 Å². The number of carbonyl (C=O) groups is 1. The highest BCUT2D eigenvalue weighted by atomic mass is 32.2. The van der Waals surface area contributed by atoms with Crippen LogP contribution in [0.5, 0.6) is 5.75 Å². The molecular weight excluding hydrogens is 340 g/mol. The number of sulfonamides is 1. The van der Waals surface area contributed by atoms with Gasteiger partial charge in [0.05, 0.1) is 12.4 Å². The molecule has 0 bridgehead atoms. The number of carbonyl (C=O) groups excluding carboxylic acids is 1. The minimum atomic E-state index is -3.12. The maximum Gasteiger partial charge on any atom is 0.220 e. The molecule has 25 heavy (non-hydrogen) atoms. The van der Waals surface area contributed by atoms with Crippen molar-refractivity contribution in [2.45, 2.75) is 45.6 Å². The van der Waals surface area contributed by atoms with Crippen LogP contribution in [0, 0.1) is 6.92 Å². The first-order chi connectivity index (χ1) is 11.9. The Balaban J connectivity index is 1.62. The highest BCUT2D eigenvalue weighted by Crippen LogP contribution is 2.15. The summed E-state index contributed by atoms with van der Waals surface area (Å²) < 4.78 is 30.8. The van der Waals surface area contributed by atoms with Crippen LogP contribution in [0.2, 0.25) is 0 Å². The summed E-state index contributed by atoms with van der Waals surface area (Å²) in [5.74, 6) is 0.949. The van der Waals surface area contributed by atoms with Gasteiger partial charge in [0.25, 0.3) is 0 Å². The Morgan fingerprint density at radius 1 is 1.24 bits per heavy atom. The van der Waals surface area contributed by atoms with Crippen molar-refractivity contribution in [1.29, 1.82) is 0 Å². The van der Waals surface area contributed by atoms with E-state index in [-0.39, 0.29) is 17.7 Å². The molecule has 6 nitrogen and oxygen atoms in total. The number of nitrogens with one attached hydrogen (secondary N) is 1. The molecule has 0 aromatic heterocycles. The molecule has 0 saturated carbocycles. The van der Waals surface area contributed by atoms with E-state index in [0.29, 0.717) is 45.4 Å². The number of hydrogen-bond acceptors (Lipinski definition) is 4. The summed E-state index contributed by atoms with van der Waals surface area (Å²) in [4.78, 5) is 12.0. The zero-order valence-corrected chi connectivity index (χ0v) is 15.8. The van der Waals surface area contributed by atoms with Gasteiger partial charge in [-0.25, -0.2) is 12.7 Å². The summed E-state index contributed by atoms with van der Waals surface area (Å²) in [6.07, 6.45) is 2.41. The lowest BCUT2D eigenvalue weighted by molar-refractivity contribution is -0.122. The Kier molecular flexibility index (Phi) is 7.25. The van der Waals surface area contributed by atoms with Crippen molar-refractivity contribution in [3.63, 3.8) is 0 Å². The van der Waals surface area contributed by atoms with E-state index in [2.05, 4.69) is 5.32 Å². The van der Waals surface area contributed by atoms with E-state index in [9.17, 15) is 13.2 Å². The van der Waals surface area contributed by atoms with Crippen LogP contribution in [0.4, 0.5) is 0 Å². The Hall–Kier alpha value is -1.60. The molecule has 0 unspecified atom stereocenters. The van der Waals surface area contributed by atoms with Gasteiger partial charge in [0.15, 0.2) is 0 Å². The lowest BCUT2D eigenvalue weighted by atomic mass is 10.1. The first-order valence-electron chi connectivity index (χ1n) is 8.87. The van der Waals surface area contributed by atoms with Gasteiger partial charge in [-0.2, -0.15) is 0 Å². The molecule has 1 fully saturated rings. The minimum absolute atomic E-state index is 0.00399. The lowest BCUT2D eigenvalue weighted by Crippen LogP contribution is -2.46. The monoisotopic (exact) mass is 368 g/mol. The van der Waals surface area contributed by atoms with Crippen LogP contribution in [-0.4, -0.2) is 50.1 Å². The van der Waals surface area contributed by atoms with Crippen LogP contribution in [-0.2, 0) is 14.8 Å². The van der Waals surface area contributed by atoms with E-state index >= 15 is 0 Å². The molecular formula is C18H28N2O4S. The molecule has 1 amide bonds. The lowest BCUT2D eigenvalue weighted by Gasteiger charge is -2.31. The Labute approximate surface area is 150 Å². The number of amides is 1. The van der Waals surface area contributed by atoms with Gasteiger partial charge in [-0.1, -0.05) is 17.7 Å². The molecule has 1 aliphatic rings. The van der Waals surface area contributed by atoms with Crippen LogP contribution < -0.4 is 10.1 Å². The Morgan fingerprint density at radius 2 is 1.88 bits per heavy atom. The number of hydrogen-bond donors (Lipinski definition) is 1. The first kappa shape index (κ1) is 19.7. The largest absolute Gasteiger partial charge is 0.494 e. The van der Waals surface area contributed by atoms with Crippen molar-refractivity contribution in [2.75, 3.05) is 25.4 Å². The predicted octanol–water partition coefficient (Wildman–Crippen LogP) is 2.08. The van der Waals surface area contributed by atoms with E-state index in [1.807, 2.05) is 31.2 Å². The average molecular weight is 368 g/mol. The number of nitrogens with zero attached hydrogens (tertiary/aromatic N) is 1. The van der Waals surface area contributed by atoms with E-state index < -0.39 is 10.0 Å². The van der Waals surface area contributed by atoms with E-state index in [4.69, 9.17) is 4.74 Å². The summed E-state index contributed by atoms with van der Waals surface area (Å²) in [5.41, 5.74) is 1.18. The zero-order chi connectivity index (χ0) is 18.3. The quantitative estimate of drug-likeness (QED) is 0.713. The van der Waals surface area contributed by atoms with Crippen LogP contribution in [0.25, 0.3) is 0 Å². The van der Waals surface area contributed by atoms with E-state index in [1.54, 1.807) is 6.92 Å².